The molecular formula is C20H23NO4. The zero-order chi connectivity index (χ0) is 18.4. The molecule has 5 nitrogen and oxygen atoms in total. The molecule has 0 fully saturated rings. The topological polar surface area (TPSA) is 64.6 Å². The van der Waals surface area contributed by atoms with Crippen molar-refractivity contribution in [2.75, 3.05) is 11.9 Å². The van der Waals surface area contributed by atoms with Crippen molar-refractivity contribution < 1.29 is 19.1 Å². The van der Waals surface area contributed by atoms with Crippen LogP contribution in [-0.4, -0.2) is 24.6 Å². The molecule has 2 aromatic rings. The van der Waals surface area contributed by atoms with E-state index in [-0.39, 0.29) is 12.5 Å². The second-order valence-corrected chi connectivity index (χ2v) is 6.04. The highest BCUT2D eigenvalue weighted by Gasteiger charge is 2.18. The van der Waals surface area contributed by atoms with Crippen molar-refractivity contribution in [3.63, 3.8) is 0 Å². The summed E-state index contributed by atoms with van der Waals surface area (Å²) in [6.07, 6.45) is -0.906. The van der Waals surface area contributed by atoms with Gasteiger partial charge in [0.1, 0.15) is 5.75 Å². The van der Waals surface area contributed by atoms with E-state index < -0.39 is 12.1 Å². The summed E-state index contributed by atoms with van der Waals surface area (Å²) in [5.41, 5.74) is 3.73. The molecule has 0 aliphatic heterocycles. The lowest BCUT2D eigenvalue weighted by Crippen LogP contribution is -2.31. The van der Waals surface area contributed by atoms with E-state index in [1.807, 2.05) is 51.1 Å². The minimum atomic E-state index is -0.906. The fourth-order valence-electron chi connectivity index (χ4n) is 2.16. The van der Waals surface area contributed by atoms with Crippen LogP contribution in [0.3, 0.4) is 0 Å². The van der Waals surface area contributed by atoms with Gasteiger partial charge in [0, 0.05) is 5.69 Å². The number of rotatable bonds is 6. The molecule has 1 N–H and O–H groups in total. The van der Waals surface area contributed by atoms with Crippen LogP contribution in [0.15, 0.2) is 42.5 Å². The summed E-state index contributed by atoms with van der Waals surface area (Å²) in [6, 6.07) is 13.1. The molecule has 2 rings (SSSR count). The number of hydrogen-bond acceptors (Lipinski definition) is 4. The average Bonchev–Trinajstić information content (AvgIpc) is 2.57. The second-order valence-electron chi connectivity index (χ2n) is 6.04. The first-order valence-corrected chi connectivity index (χ1v) is 8.12. The number of esters is 1. The Kier molecular flexibility index (Phi) is 6.17. The van der Waals surface area contributed by atoms with Gasteiger partial charge in [-0.3, -0.25) is 4.79 Å². The minimum absolute atomic E-state index is 0.244. The lowest BCUT2D eigenvalue weighted by Gasteiger charge is -2.14. The van der Waals surface area contributed by atoms with Crippen LogP contribution in [0.1, 0.15) is 23.6 Å². The van der Waals surface area contributed by atoms with Gasteiger partial charge in [-0.25, -0.2) is 4.79 Å². The number of aryl methyl sites for hydroxylation is 3. The third kappa shape index (κ3) is 5.64. The molecule has 0 saturated heterocycles. The van der Waals surface area contributed by atoms with Crippen LogP contribution in [0.25, 0.3) is 0 Å². The van der Waals surface area contributed by atoms with E-state index in [1.54, 1.807) is 12.1 Å². The van der Waals surface area contributed by atoms with Crippen LogP contribution in [0.4, 0.5) is 5.69 Å². The van der Waals surface area contributed by atoms with Gasteiger partial charge in [0.25, 0.3) is 5.91 Å². The van der Waals surface area contributed by atoms with Gasteiger partial charge < -0.3 is 14.8 Å². The van der Waals surface area contributed by atoms with Gasteiger partial charge in [-0.1, -0.05) is 29.8 Å². The summed E-state index contributed by atoms with van der Waals surface area (Å²) < 4.78 is 10.6. The molecule has 5 heteroatoms. The fraction of sp³-hybridized carbons (Fsp3) is 0.300. The predicted molar refractivity (Wildman–Crippen MR) is 96.8 cm³/mol. The summed E-state index contributed by atoms with van der Waals surface area (Å²) in [5, 5.41) is 2.71. The number of amides is 1. The Morgan fingerprint density at radius 2 is 1.64 bits per heavy atom. The van der Waals surface area contributed by atoms with Gasteiger partial charge in [0.15, 0.2) is 12.7 Å². The Morgan fingerprint density at radius 1 is 1.00 bits per heavy atom. The normalized spacial score (nSPS) is 11.5. The maximum absolute atomic E-state index is 12.1. The van der Waals surface area contributed by atoms with Gasteiger partial charge >= 0.3 is 5.97 Å². The van der Waals surface area contributed by atoms with Crippen LogP contribution in [-0.2, 0) is 14.3 Å². The van der Waals surface area contributed by atoms with E-state index in [0.29, 0.717) is 11.4 Å². The maximum Gasteiger partial charge on any atom is 0.344 e. The zero-order valence-electron chi connectivity index (χ0n) is 15.0. The predicted octanol–water partition coefficient (Wildman–Crippen LogP) is 3.56. The van der Waals surface area contributed by atoms with E-state index in [4.69, 9.17) is 9.47 Å². The van der Waals surface area contributed by atoms with Crippen LogP contribution in [0.2, 0.25) is 0 Å². The second kappa shape index (κ2) is 8.33. The molecule has 0 aliphatic carbocycles. The molecule has 0 spiro atoms. The minimum Gasteiger partial charge on any atom is -0.482 e. The molecule has 0 aliphatic rings. The molecular weight excluding hydrogens is 318 g/mol. The van der Waals surface area contributed by atoms with Crippen LogP contribution in [0.5, 0.6) is 5.75 Å². The van der Waals surface area contributed by atoms with E-state index >= 15 is 0 Å². The average molecular weight is 341 g/mol. The Hall–Kier alpha value is -2.82. The first-order valence-electron chi connectivity index (χ1n) is 8.12. The van der Waals surface area contributed by atoms with E-state index in [9.17, 15) is 9.59 Å². The van der Waals surface area contributed by atoms with Gasteiger partial charge in [-0.05, 0) is 57.0 Å². The molecule has 0 bridgehead atoms. The number of carbonyl (C=O) groups is 2. The SMILES string of the molecule is Cc1ccc(NC(=O)[C@@H](C)OC(=O)COc2cc(C)ccc2C)cc1. The molecule has 0 saturated carbocycles. The molecule has 1 amide bonds. The third-order valence-corrected chi connectivity index (χ3v) is 3.69. The lowest BCUT2D eigenvalue weighted by atomic mass is 10.1. The highest BCUT2D eigenvalue weighted by Crippen LogP contribution is 2.19. The Morgan fingerprint density at radius 3 is 2.32 bits per heavy atom. The Labute approximate surface area is 148 Å². The number of carbonyl (C=O) groups excluding carboxylic acids is 2. The molecule has 0 aromatic heterocycles. The molecule has 2 aromatic carbocycles. The first kappa shape index (κ1) is 18.5. The van der Waals surface area contributed by atoms with E-state index in [0.717, 1.165) is 16.7 Å². The maximum atomic E-state index is 12.1. The number of hydrogen-bond donors (Lipinski definition) is 1. The molecule has 0 unspecified atom stereocenters. The summed E-state index contributed by atoms with van der Waals surface area (Å²) in [7, 11) is 0. The van der Waals surface area contributed by atoms with Gasteiger partial charge in [-0.2, -0.15) is 0 Å². The number of benzene rings is 2. The van der Waals surface area contributed by atoms with Crippen molar-refractivity contribution in [3.05, 3.63) is 59.2 Å². The first-order chi connectivity index (χ1) is 11.8. The smallest absolute Gasteiger partial charge is 0.344 e. The van der Waals surface area contributed by atoms with Crippen LogP contribution >= 0.6 is 0 Å². The van der Waals surface area contributed by atoms with E-state index in [1.165, 1.54) is 6.92 Å². The van der Waals surface area contributed by atoms with Crippen molar-refractivity contribution in [3.8, 4) is 5.75 Å². The lowest BCUT2D eigenvalue weighted by molar-refractivity contribution is -0.155. The molecule has 1 atom stereocenters. The molecule has 0 radical (unpaired) electrons. The Balaban J connectivity index is 1.83. The summed E-state index contributed by atoms with van der Waals surface area (Å²) in [6.45, 7) is 7.09. The number of nitrogens with one attached hydrogen (secondary N) is 1. The third-order valence-electron chi connectivity index (χ3n) is 3.69. The largest absolute Gasteiger partial charge is 0.482 e. The van der Waals surface area contributed by atoms with Crippen LogP contribution < -0.4 is 10.1 Å². The highest BCUT2D eigenvalue weighted by molar-refractivity contribution is 5.95. The number of anilines is 1. The molecule has 132 valence electrons. The quantitative estimate of drug-likeness (QED) is 0.816. The Bertz CT molecular complexity index is 753. The number of ether oxygens (including phenoxy) is 2. The standard InChI is InChI=1S/C20H23NO4/c1-13-6-9-17(10-7-13)21-20(23)16(4)25-19(22)12-24-18-11-14(2)5-8-15(18)3/h5-11,16H,12H2,1-4H3,(H,21,23)/t16-/m1/s1. The highest BCUT2D eigenvalue weighted by atomic mass is 16.6. The monoisotopic (exact) mass is 341 g/mol. The van der Waals surface area contributed by atoms with Gasteiger partial charge in [-0.15, -0.1) is 0 Å². The molecule has 0 heterocycles. The van der Waals surface area contributed by atoms with Gasteiger partial charge in [0.05, 0.1) is 0 Å². The van der Waals surface area contributed by atoms with Crippen molar-refractivity contribution >= 4 is 17.6 Å². The van der Waals surface area contributed by atoms with Crippen molar-refractivity contribution in [1.29, 1.82) is 0 Å². The van der Waals surface area contributed by atoms with Crippen molar-refractivity contribution in [1.82, 2.24) is 0 Å². The zero-order valence-corrected chi connectivity index (χ0v) is 15.0. The fourth-order valence-corrected chi connectivity index (χ4v) is 2.16. The van der Waals surface area contributed by atoms with Crippen molar-refractivity contribution in [2.45, 2.75) is 33.8 Å². The molecule has 25 heavy (non-hydrogen) atoms. The van der Waals surface area contributed by atoms with E-state index in [2.05, 4.69) is 5.32 Å². The van der Waals surface area contributed by atoms with Crippen molar-refractivity contribution in [2.24, 2.45) is 0 Å². The summed E-state index contributed by atoms with van der Waals surface area (Å²) >= 11 is 0. The summed E-state index contributed by atoms with van der Waals surface area (Å²) in [4.78, 5) is 24.0. The summed E-state index contributed by atoms with van der Waals surface area (Å²) in [5.74, 6) is -0.342. The van der Waals surface area contributed by atoms with Gasteiger partial charge in [0.2, 0.25) is 0 Å². The van der Waals surface area contributed by atoms with Crippen LogP contribution in [0, 0.1) is 20.8 Å².